The van der Waals surface area contributed by atoms with E-state index >= 15 is 0 Å². The predicted octanol–water partition coefficient (Wildman–Crippen LogP) is 2.71. The Kier molecular flexibility index (Phi) is 30.7. The van der Waals surface area contributed by atoms with Crippen molar-refractivity contribution in [3.63, 3.8) is 0 Å². The molecule has 0 saturated heterocycles. The minimum atomic E-state index is -0.125. The molecule has 102 valence electrons. The van der Waals surface area contributed by atoms with Crippen molar-refractivity contribution in [1.82, 2.24) is 0 Å². The number of rotatable bonds is 7. The molecule has 0 saturated carbocycles. The van der Waals surface area contributed by atoms with E-state index in [1.54, 1.807) is 0 Å². The summed E-state index contributed by atoms with van der Waals surface area (Å²) in [6.07, 6.45) is 5.52. The standard InChI is InChI=1S/C8H12.C4H10O.C2H6O2/c1-4-6-8(3)7-5-2;1-3-5-4-2;3-1-2-4/h4-5H,1-3,6-7H2;3-4H2,1-2H3;3-4H,1-2H2. The molecule has 0 aliphatic rings. The SMILES string of the molecule is C=CCC(=C)CC=C.CCOCC.OCCO. The summed E-state index contributed by atoms with van der Waals surface area (Å²) < 4.78 is 4.83. The van der Waals surface area contributed by atoms with Gasteiger partial charge in [0, 0.05) is 13.2 Å². The van der Waals surface area contributed by atoms with Crippen LogP contribution >= 0.6 is 0 Å². The first-order valence-electron chi connectivity index (χ1n) is 5.82. The quantitative estimate of drug-likeness (QED) is 0.677. The molecule has 0 aliphatic heterocycles. The number of aliphatic hydroxyl groups is 2. The minimum Gasteiger partial charge on any atom is -0.394 e. The van der Waals surface area contributed by atoms with Crippen LogP contribution in [-0.4, -0.2) is 36.6 Å². The summed E-state index contributed by atoms with van der Waals surface area (Å²) in [5, 5.41) is 15.2. The van der Waals surface area contributed by atoms with Gasteiger partial charge in [0.25, 0.3) is 0 Å². The van der Waals surface area contributed by atoms with Crippen LogP contribution in [0.4, 0.5) is 0 Å². The normalized spacial score (nSPS) is 8.00. The van der Waals surface area contributed by atoms with Gasteiger partial charge in [-0.1, -0.05) is 24.3 Å². The lowest BCUT2D eigenvalue weighted by molar-refractivity contribution is 0.162. The Morgan fingerprint density at radius 1 is 1.00 bits per heavy atom. The third-order valence-corrected chi connectivity index (χ3v) is 1.37. The molecule has 0 rings (SSSR count). The molecule has 3 nitrogen and oxygen atoms in total. The fourth-order valence-electron chi connectivity index (χ4n) is 0.696. The van der Waals surface area contributed by atoms with E-state index in [0.29, 0.717) is 0 Å². The van der Waals surface area contributed by atoms with Gasteiger partial charge in [0.15, 0.2) is 0 Å². The van der Waals surface area contributed by atoms with Gasteiger partial charge in [0.05, 0.1) is 13.2 Å². The van der Waals surface area contributed by atoms with Crippen molar-refractivity contribution in [3.05, 3.63) is 37.5 Å². The Morgan fingerprint density at radius 3 is 1.47 bits per heavy atom. The molecule has 0 spiro atoms. The highest BCUT2D eigenvalue weighted by Crippen LogP contribution is 2.02. The fraction of sp³-hybridized carbons (Fsp3) is 0.571. The molecule has 0 aliphatic carbocycles. The average molecular weight is 244 g/mol. The van der Waals surface area contributed by atoms with Crippen LogP contribution < -0.4 is 0 Å². The molecule has 17 heavy (non-hydrogen) atoms. The van der Waals surface area contributed by atoms with Gasteiger partial charge in [-0.2, -0.15) is 0 Å². The van der Waals surface area contributed by atoms with E-state index in [9.17, 15) is 0 Å². The van der Waals surface area contributed by atoms with Crippen molar-refractivity contribution in [2.24, 2.45) is 0 Å². The highest BCUT2D eigenvalue weighted by molar-refractivity contribution is 5.03. The van der Waals surface area contributed by atoms with Crippen LogP contribution in [0.1, 0.15) is 26.7 Å². The zero-order chi connectivity index (χ0) is 13.9. The summed E-state index contributed by atoms with van der Waals surface area (Å²) >= 11 is 0. The van der Waals surface area contributed by atoms with Gasteiger partial charge in [0.1, 0.15) is 0 Å². The minimum absolute atomic E-state index is 0.125. The first-order valence-corrected chi connectivity index (χ1v) is 5.82. The van der Waals surface area contributed by atoms with Crippen LogP contribution in [0.25, 0.3) is 0 Å². The van der Waals surface area contributed by atoms with Crippen LogP contribution in [-0.2, 0) is 4.74 Å². The second kappa shape index (κ2) is 24.4. The van der Waals surface area contributed by atoms with Gasteiger partial charge in [0.2, 0.25) is 0 Å². The van der Waals surface area contributed by atoms with E-state index in [1.807, 2.05) is 26.0 Å². The average Bonchev–Trinajstić information content (AvgIpc) is 2.32. The van der Waals surface area contributed by atoms with Crippen LogP contribution in [0, 0.1) is 0 Å². The molecule has 0 fully saturated rings. The maximum atomic E-state index is 7.62. The lowest BCUT2D eigenvalue weighted by atomic mass is 10.1. The van der Waals surface area contributed by atoms with E-state index in [1.165, 1.54) is 5.57 Å². The van der Waals surface area contributed by atoms with Crippen LogP contribution in [0.2, 0.25) is 0 Å². The number of aliphatic hydroxyl groups excluding tert-OH is 2. The lowest BCUT2D eigenvalue weighted by Gasteiger charge is -1.92. The van der Waals surface area contributed by atoms with Crippen molar-refractivity contribution < 1.29 is 14.9 Å². The number of ether oxygens (including phenoxy) is 1. The van der Waals surface area contributed by atoms with Gasteiger partial charge in [-0.05, 0) is 26.7 Å². The van der Waals surface area contributed by atoms with E-state index in [4.69, 9.17) is 14.9 Å². The number of hydrogen-bond donors (Lipinski definition) is 2. The molecule has 0 amide bonds. The van der Waals surface area contributed by atoms with E-state index in [-0.39, 0.29) is 13.2 Å². The Labute approximate surface area is 106 Å². The maximum absolute atomic E-state index is 7.62. The van der Waals surface area contributed by atoms with Crippen molar-refractivity contribution in [2.45, 2.75) is 26.7 Å². The van der Waals surface area contributed by atoms with E-state index < -0.39 is 0 Å². The van der Waals surface area contributed by atoms with Gasteiger partial charge in [-0.3, -0.25) is 0 Å². The molecule has 0 aromatic heterocycles. The molecule has 0 heterocycles. The molecular formula is C14H28O3. The molecule has 0 aromatic rings. The van der Waals surface area contributed by atoms with Crippen LogP contribution in [0.3, 0.4) is 0 Å². The molecule has 0 bridgehead atoms. The monoisotopic (exact) mass is 244 g/mol. The summed E-state index contributed by atoms with van der Waals surface area (Å²) in [4.78, 5) is 0. The first kappa shape index (κ1) is 21.4. The number of hydrogen-bond acceptors (Lipinski definition) is 3. The van der Waals surface area contributed by atoms with Gasteiger partial charge < -0.3 is 14.9 Å². The Balaban J connectivity index is -0.000000188. The van der Waals surface area contributed by atoms with Gasteiger partial charge in [-0.25, -0.2) is 0 Å². The summed E-state index contributed by atoms with van der Waals surface area (Å²) in [5.74, 6) is 0. The summed E-state index contributed by atoms with van der Waals surface area (Å²) in [6.45, 7) is 16.4. The van der Waals surface area contributed by atoms with Crippen molar-refractivity contribution in [3.8, 4) is 0 Å². The Morgan fingerprint density at radius 2 is 1.35 bits per heavy atom. The second-order valence-corrected chi connectivity index (χ2v) is 2.96. The van der Waals surface area contributed by atoms with Crippen LogP contribution in [0.5, 0.6) is 0 Å². The zero-order valence-corrected chi connectivity index (χ0v) is 11.3. The molecule has 0 aromatic carbocycles. The molecule has 0 unspecified atom stereocenters. The molecule has 0 radical (unpaired) electrons. The van der Waals surface area contributed by atoms with Crippen molar-refractivity contribution in [2.75, 3.05) is 26.4 Å². The summed E-state index contributed by atoms with van der Waals surface area (Å²) in [6, 6.07) is 0. The Hall–Kier alpha value is -0.900. The summed E-state index contributed by atoms with van der Waals surface area (Å²) in [5.41, 5.74) is 1.18. The van der Waals surface area contributed by atoms with Gasteiger partial charge >= 0.3 is 0 Å². The van der Waals surface area contributed by atoms with E-state index in [2.05, 4.69) is 19.7 Å². The largest absolute Gasteiger partial charge is 0.394 e. The fourth-order valence-corrected chi connectivity index (χ4v) is 0.696. The topological polar surface area (TPSA) is 49.7 Å². The molecular weight excluding hydrogens is 216 g/mol. The highest BCUT2D eigenvalue weighted by Gasteiger charge is 1.82. The smallest absolute Gasteiger partial charge is 0.0662 e. The number of allylic oxidation sites excluding steroid dienone is 3. The highest BCUT2D eigenvalue weighted by atomic mass is 16.5. The Bertz CT molecular complexity index is 149. The molecule has 2 N–H and O–H groups in total. The zero-order valence-electron chi connectivity index (χ0n) is 11.3. The molecule has 3 heteroatoms. The van der Waals surface area contributed by atoms with Crippen LogP contribution in [0.15, 0.2) is 37.5 Å². The second-order valence-electron chi connectivity index (χ2n) is 2.96. The van der Waals surface area contributed by atoms with Crippen molar-refractivity contribution in [1.29, 1.82) is 0 Å². The maximum Gasteiger partial charge on any atom is 0.0662 e. The van der Waals surface area contributed by atoms with Gasteiger partial charge in [-0.15, -0.1) is 13.2 Å². The van der Waals surface area contributed by atoms with E-state index in [0.717, 1.165) is 26.1 Å². The lowest BCUT2D eigenvalue weighted by Crippen LogP contribution is -1.85. The van der Waals surface area contributed by atoms with Crippen molar-refractivity contribution >= 4 is 0 Å². The first-order chi connectivity index (χ1) is 8.14. The summed E-state index contributed by atoms with van der Waals surface area (Å²) in [7, 11) is 0. The third kappa shape index (κ3) is 39.5. The predicted molar refractivity (Wildman–Crippen MR) is 75.1 cm³/mol. The molecule has 0 atom stereocenters. The third-order valence-electron chi connectivity index (χ3n) is 1.37.